The quantitative estimate of drug-likeness (QED) is 0.255. The lowest BCUT2D eigenvalue weighted by atomic mass is 10.2. The van der Waals surface area contributed by atoms with Crippen LogP contribution in [0.4, 0.5) is 10.5 Å². The Hall–Kier alpha value is -3.76. The van der Waals surface area contributed by atoms with Crippen molar-refractivity contribution in [3.8, 4) is 17.2 Å². The summed E-state index contributed by atoms with van der Waals surface area (Å²) in [4.78, 5) is 39.3. The summed E-state index contributed by atoms with van der Waals surface area (Å²) in [6, 6.07) is 20.1. The summed E-state index contributed by atoms with van der Waals surface area (Å²) in [5.41, 5.74) is 2.36. The Kier molecular flexibility index (Phi) is 9.67. The number of thioether (sulfide) groups is 1. The molecule has 0 aliphatic carbocycles. The summed E-state index contributed by atoms with van der Waals surface area (Å²) in [5, 5.41) is 2.41. The number of carbonyl (C=O) groups excluding carboxylic acids is 3. The Labute approximate surface area is 239 Å². The van der Waals surface area contributed by atoms with E-state index in [-0.39, 0.29) is 36.8 Å². The molecule has 0 aromatic heterocycles. The number of amides is 3. The van der Waals surface area contributed by atoms with Gasteiger partial charge in [0.2, 0.25) is 0 Å². The smallest absolute Gasteiger partial charge is 0.293 e. The highest BCUT2D eigenvalue weighted by atomic mass is 79.9. The van der Waals surface area contributed by atoms with Crippen LogP contribution in [-0.2, 0) is 9.59 Å². The normalized spacial score (nSPS) is 14.0. The maximum Gasteiger partial charge on any atom is 0.293 e. The summed E-state index contributed by atoms with van der Waals surface area (Å²) < 4.78 is 17.8. The van der Waals surface area contributed by atoms with Crippen molar-refractivity contribution >= 4 is 56.5 Å². The van der Waals surface area contributed by atoms with Gasteiger partial charge < -0.3 is 19.5 Å². The molecule has 3 aromatic rings. The fourth-order valence-electron chi connectivity index (χ4n) is 3.73. The minimum absolute atomic E-state index is 0.141. The summed E-state index contributed by atoms with van der Waals surface area (Å²) in [6.07, 6.45) is 1.63. The van der Waals surface area contributed by atoms with Crippen LogP contribution in [0.2, 0.25) is 0 Å². The lowest BCUT2D eigenvalue weighted by Crippen LogP contribution is -2.32. The van der Waals surface area contributed by atoms with E-state index >= 15 is 0 Å². The molecule has 1 saturated heterocycles. The van der Waals surface area contributed by atoms with Gasteiger partial charge in [-0.15, -0.1) is 0 Å². The van der Waals surface area contributed by atoms with E-state index in [9.17, 15) is 14.4 Å². The number of carbonyl (C=O) groups is 3. The second kappa shape index (κ2) is 13.3. The van der Waals surface area contributed by atoms with Crippen molar-refractivity contribution in [3.05, 3.63) is 87.2 Å². The number of anilines is 1. The van der Waals surface area contributed by atoms with Gasteiger partial charge in [0.05, 0.1) is 22.5 Å². The van der Waals surface area contributed by atoms with Crippen LogP contribution in [0.25, 0.3) is 6.08 Å². The second-order valence-electron chi connectivity index (χ2n) is 8.46. The van der Waals surface area contributed by atoms with Gasteiger partial charge in [-0.3, -0.25) is 19.3 Å². The average molecular weight is 612 g/mol. The van der Waals surface area contributed by atoms with Crippen LogP contribution < -0.4 is 19.5 Å². The lowest BCUT2D eigenvalue weighted by molar-refractivity contribution is -0.123. The molecular formula is C29H27BrN2O6S. The molecular weight excluding hydrogens is 584 g/mol. The van der Waals surface area contributed by atoms with Crippen molar-refractivity contribution in [2.24, 2.45) is 0 Å². The van der Waals surface area contributed by atoms with Gasteiger partial charge in [0.15, 0.2) is 18.1 Å². The number of hydrogen-bond donors (Lipinski definition) is 1. The van der Waals surface area contributed by atoms with E-state index in [4.69, 9.17) is 14.2 Å². The summed E-state index contributed by atoms with van der Waals surface area (Å²) in [5.74, 6) is 0.741. The molecule has 0 bridgehead atoms. The summed E-state index contributed by atoms with van der Waals surface area (Å²) >= 11 is 4.36. The molecule has 1 heterocycles. The topological polar surface area (TPSA) is 94.2 Å². The number of hydrogen-bond acceptors (Lipinski definition) is 7. The summed E-state index contributed by atoms with van der Waals surface area (Å²) in [6.45, 7) is 4.26. The van der Waals surface area contributed by atoms with Crippen molar-refractivity contribution in [1.82, 2.24) is 4.90 Å². The molecule has 3 amide bonds. The molecule has 10 heteroatoms. The molecule has 3 aromatic carbocycles. The molecule has 202 valence electrons. The van der Waals surface area contributed by atoms with Crippen LogP contribution in [0, 0.1) is 6.92 Å². The zero-order valence-electron chi connectivity index (χ0n) is 21.4. The molecule has 1 N–H and O–H groups in total. The lowest BCUT2D eigenvalue weighted by Gasteiger charge is -2.15. The monoisotopic (exact) mass is 610 g/mol. The van der Waals surface area contributed by atoms with Gasteiger partial charge in [0.25, 0.3) is 17.1 Å². The third-order valence-electron chi connectivity index (χ3n) is 5.48. The van der Waals surface area contributed by atoms with Crippen molar-refractivity contribution in [3.63, 3.8) is 0 Å². The standard InChI is InChI=1S/C29H27BrN2O6S/c1-3-36-24-16-20(15-23(30)27(24)38-18-26(33)31-21-9-5-4-6-10-21)17-25-28(34)32(29(35)39-25)12-13-37-22-11-7-8-19(2)14-22/h4-11,14-17H,3,12-13,18H2,1-2H3,(H,31,33)/b25-17-. The van der Waals surface area contributed by atoms with E-state index < -0.39 is 0 Å². The third-order valence-corrected chi connectivity index (χ3v) is 6.98. The molecule has 0 radical (unpaired) electrons. The fourth-order valence-corrected chi connectivity index (χ4v) is 5.17. The Morgan fingerprint density at radius 1 is 1.03 bits per heavy atom. The Balaban J connectivity index is 1.42. The average Bonchev–Trinajstić information content (AvgIpc) is 3.16. The van der Waals surface area contributed by atoms with Gasteiger partial charge in [-0.05, 0) is 95.1 Å². The number of benzene rings is 3. The second-order valence-corrected chi connectivity index (χ2v) is 10.3. The third kappa shape index (κ3) is 7.64. The first-order valence-electron chi connectivity index (χ1n) is 12.2. The minimum atomic E-state index is -0.384. The first-order chi connectivity index (χ1) is 18.8. The van der Waals surface area contributed by atoms with E-state index in [2.05, 4.69) is 21.2 Å². The first kappa shape index (κ1) is 28.3. The molecule has 4 rings (SSSR count). The zero-order chi connectivity index (χ0) is 27.8. The highest BCUT2D eigenvalue weighted by Gasteiger charge is 2.35. The summed E-state index contributed by atoms with van der Waals surface area (Å²) in [7, 11) is 0. The number of aryl methyl sites for hydroxylation is 1. The van der Waals surface area contributed by atoms with Crippen LogP contribution >= 0.6 is 27.7 Å². The maximum atomic E-state index is 13.0. The molecule has 39 heavy (non-hydrogen) atoms. The first-order valence-corrected chi connectivity index (χ1v) is 13.8. The van der Waals surface area contributed by atoms with Crippen LogP contribution in [-0.4, -0.2) is 48.3 Å². The molecule has 1 aliphatic heterocycles. The number of nitrogens with zero attached hydrogens (tertiary/aromatic N) is 1. The van der Waals surface area contributed by atoms with Crippen molar-refractivity contribution in [2.45, 2.75) is 13.8 Å². The van der Waals surface area contributed by atoms with E-state index in [0.717, 1.165) is 17.3 Å². The van der Waals surface area contributed by atoms with Crippen molar-refractivity contribution in [2.75, 3.05) is 31.7 Å². The van der Waals surface area contributed by atoms with E-state index in [1.807, 2.05) is 56.3 Å². The highest BCUT2D eigenvalue weighted by Crippen LogP contribution is 2.39. The number of ether oxygens (including phenoxy) is 3. The van der Waals surface area contributed by atoms with Gasteiger partial charge >= 0.3 is 0 Å². The van der Waals surface area contributed by atoms with E-state index in [1.165, 1.54) is 4.90 Å². The maximum absolute atomic E-state index is 13.0. The van der Waals surface area contributed by atoms with Crippen LogP contribution in [0.1, 0.15) is 18.1 Å². The van der Waals surface area contributed by atoms with Crippen molar-refractivity contribution < 1.29 is 28.6 Å². The molecule has 0 atom stereocenters. The van der Waals surface area contributed by atoms with Gasteiger partial charge in [0.1, 0.15) is 12.4 Å². The zero-order valence-corrected chi connectivity index (χ0v) is 23.8. The Morgan fingerprint density at radius 3 is 2.56 bits per heavy atom. The highest BCUT2D eigenvalue weighted by molar-refractivity contribution is 9.10. The van der Waals surface area contributed by atoms with Crippen molar-refractivity contribution in [1.29, 1.82) is 0 Å². The number of imide groups is 1. The van der Waals surface area contributed by atoms with E-state index in [0.29, 0.717) is 44.5 Å². The predicted molar refractivity (Wildman–Crippen MR) is 155 cm³/mol. The number of rotatable bonds is 11. The van der Waals surface area contributed by atoms with Gasteiger partial charge in [-0.2, -0.15) is 0 Å². The molecule has 8 nitrogen and oxygen atoms in total. The predicted octanol–water partition coefficient (Wildman–Crippen LogP) is 6.29. The van der Waals surface area contributed by atoms with Gasteiger partial charge in [0, 0.05) is 5.69 Å². The fraction of sp³-hybridized carbons (Fsp3) is 0.207. The SMILES string of the molecule is CCOc1cc(/C=C2\SC(=O)N(CCOc3cccc(C)c3)C2=O)cc(Br)c1OCC(=O)Nc1ccccc1. The Bertz CT molecular complexity index is 1400. The molecule has 1 fully saturated rings. The van der Waals surface area contributed by atoms with Crippen LogP contribution in [0.15, 0.2) is 76.1 Å². The van der Waals surface area contributed by atoms with E-state index in [1.54, 1.807) is 30.3 Å². The molecule has 0 spiro atoms. The van der Waals surface area contributed by atoms with Crippen LogP contribution in [0.5, 0.6) is 17.2 Å². The largest absolute Gasteiger partial charge is 0.492 e. The minimum Gasteiger partial charge on any atom is -0.492 e. The number of halogens is 1. The van der Waals surface area contributed by atoms with Gasteiger partial charge in [-0.1, -0.05) is 30.3 Å². The van der Waals surface area contributed by atoms with Gasteiger partial charge in [-0.25, -0.2) is 0 Å². The molecule has 0 saturated carbocycles. The molecule has 0 unspecified atom stereocenters. The molecule has 1 aliphatic rings. The number of para-hydroxylation sites is 1. The van der Waals surface area contributed by atoms with Crippen LogP contribution in [0.3, 0.4) is 0 Å². The Morgan fingerprint density at radius 2 is 1.82 bits per heavy atom. The number of nitrogens with one attached hydrogen (secondary N) is 1.